The largest absolute Gasteiger partial charge is 0.388 e. The molecule has 0 bridgehead atoms. The summed E-state index contributed by atoms with van der Waals surface area (Å²) in [4.78, 5) is 0. The first-order valence-corrected chi connectivity index (χ1v) is 3.32. The Morgan fingerprint density at radius 3 is 1.00 bits per heavy atom. The van der Waals surface area contributed by atoms with Gasteiger partial charge >= 0.3 is 0 Å². The molecule has 0 unspecified atom stereocenters. The lowest BCUT2D eigenvalue weighted by atomic mass is 10.4. The van der Waals surface area contributed by atoms with Crippen LogP contribution in [0.3, 0.4) is 0 Å². The summed E-state index contributed by atoms with van der Waals surface area (Å²) in [5.74, 6) is 0. The average Bonchev–Trinajstić information content (AvgIpc) is 2.17. The maximum atomic E-state index is 4.25. The van der Waals surface area contributed by atoms with Crippen LogP contribution in [-0.2, 0) is 4.74 Å². The van der Waals surface area contributed by atoms with Crippen LogP contribution in [0.1, 0.15) is 32.1 Å². The zero-order chi connectivity index (χ0) is 6.24. The summed E-state index contributed by atoms with van der Waals surface area (Å²) in [5.41, 5.74) is 0. The Hall–Kier alpha value is -0.0400. The molecular formula is C7H16O. The Morgan fingerprint density at radius 2 is 0.875 bits per heavy atom. The van der Waals surface area contributed by atoms with E-state index in [9.17, 15) is 0 Å². The smallest absolute Gasteiger partial charge is 0.0351 e. The van der Waals surface area contributed by atoms with Gasteiger partial charge < -0.3 is 4.74 Å². The van der Waals surface area contributed by atoms with Gasteiger partial charge in [-0.15, -0.1) is 0 Å². The van der Waals surface area contributed by atoms with Crippen LogP contribution in [0.2, 0.25) is 0 Å². The van der Waals surface area contributed by atoms with Crippen molar-refractivity contribution in [3.63, 3.8) is 0 Å². The van der Waals surface area contributed by atoms with Crippen molar-refractivity contribution in [2.24, 2.45) is 0 Å². The van der Waals surface area contributed by atoms with E-state index in [-0.39, 0.29) is 0 Å². The van der Waals surface area contributed by atoms with E-state index in [1.54, 1.807) is 14.2 Å². The van der Waals surface area contributed by atoms with Crippen LogP contribution in [0.25, 0.3) is 0 Å². The Kier molecular flexibility index (Phi) is 6.93. The van der Waals surface area contributed by atoms with Gasteiger partial charge in [0, 0.05) is 14.2 Å². The second kappa shape index (κ2) is 6.96. The minimum absolute atomic E-state index is 1.50. The third kappa shape index (κ3) is 5.96. The molecule has 0 spiro atoms. The molecule has 0 amide bonds. The van der Waals surface area contributed by atoms with Crippen molar-refractivity contribution < 1.29 is 4.74 Å². The minimum atomic E-state index is 1.50. The molecular weight excluding hydrogens is 100 g/mol. The van der Waals surface area contributed by atoms with Gasteiger partial charge in [0.15, 0.2) is 0 Å². The van der Waals surface area contributed by atoms with Gasteiger partial charge in [0.25, 0.3) is 0 Å². The molecule has 0 radical (unpaired) electrons. The highest BCUT2D eigenvalue weighted by Gasteiger charge is 1.95. The third-order valence-electron chi connectivity index (χ3n) is 1.25. The predicted octanol–water partition coefficient (Wildman–Crippen LogP) is 2.21. The highest BCUT2D eigenvalue weighted by Crippen LogP contribution is 2.15. The van der Waals surface area contributed by atoms with Gasteiger partial charge in [-0.2, -0.15) is 0 Å². The molecule has 1 heteroatoms. The van der Waals surface area contributed by atoms with Gasteiger partial charge in [-0.1, -0.05) is 32.1 Å². The SMILES string of the molecule is C1CCCC1.COC. The maximum Gasteiger partial charge on any atom is 0.0351 e. The van der Waals surface area contributed by atoms with Crippen LogP contribution in [0.15, 0.2) is 0 Å². The summed E-state index contributed by atoms with van der Waals surface area (Å²) in [6.45, 7) is 0. The van der Waals surface area contributed by atoms with Crippen LogP contribution in [0.4, 0.5) is 0 Å². The molecule has 0 aromatic rings. The van der Waals surface area contributed by atoms with Crippen LogP contribution in [0, 0.1) is 0 Å². The predicted molar refractivity (Wildman–Crippen MR) is 36.0 cm³/mol. The maximum absolute atomic E-state index is 4.25. The molecule has 0 N–H and O–H groups in total. The Balaban J connectivity index is 0.000000145. The fourth-order valence-corrected chi connectivity index (χ4v) is 0.884. The monoisotopic (exact) mass is 116 g/mol. The van der Waals surface area contributed by atoms with E-state index >= 15 is 0 Å². The topological polar surface area (TPSA) is 9.23 Å². The Bertz CT molecular complexity index is 23.8. The van der Waals surface area contributed by atoms with Gasteiger partial charge in [-0.3, -0.25) is 0 Å². The summed E-state index contributed by atoms with van der Waals surface area (Å²) >= 11 is 0. The van der Waals surface area contributed by atoms with E-state index in [1.807, 2.05) is 0 Å². The van der Waals surface area contributed by atoms with Gasteiger partial charge in [0.2, 0.25) is 0 Å². The zero-order valence-corrected chi connectivity index (χ0v) is 5.94. The molecule has 8 heavy (non-hydrogen) atoms. The number of hydrogen-bond acceptors (Lipinski definition) is 1. The van der Waals surface area contributed by atoms with E-state index in [1.165, 1.54) is 32.1 Å². The molecule has 0 aliphatic heterocycles. The van der Waals surface area contributed by atoms with E-state index in [0.717, 1.165) is 0 Å². The van der Waals surface area contributed by atoms with Crippen molar-refractivity contribution in [2.75, 3.05) is 14.2 Å². The second-order valence-electron chi connectivity index (χ2n) is 2.18. The first kappa shape index (κ1) is 7.96. The quantitative estimate of drug-likeness (QED) is 0.471. The molecule has 0 aromatic carbocycles. The van der Waals surface area contributed by atoms with E-state index in [0.29, 0.717) is 0 Å². The lowest BCUT2D eigenvalue weighted by Gasteiger charge is -1.67. The zero-order valence-electron chi connectivity index (χ0n) is 5.94. The molecule has 0 heterocycles. The van der Waals surface area contributed by atoms with Gasteiger partial charge in [-0.25, -0.2) is 0 Å². The molecule has 1 rings (SSSR count). The summed E-state index contributed by atoms with van der Waals surface area (Å²) in [7, 11) is 3.25. The number of methoxy groups -OCH3 is 1. The minimum Gasteiger partial charge on any atom is -0.388 e. The van der Waals surface area contributed by atoms with Gasteiger partial charge in [0.1, 0.15) is 0 Å². The van der Waals surface area contributed by atoms with E-state index in [2.05, 4.69) is 4.74 Å². The summed E-state index contributed by atoms with van der Waals surface area (Å²) < 4.78 is 4.25. The van der Waals surface area contributed by atoms with E-state index < -0.39 is 0 Å². The fourth-order valence-electron chi connectivity index (χ4n) is 0.884. The molecule has 1 nitrogen and oxygen atoms in total. The van der Waals surface area contributed by atoms with Crippen molar-refractivity contribution in [2.45, 2.75) is 32.1 Å². The highest BCUT2D eigenvalue weighted by atomic mass is 16.4. The molecule has 0 aromatic heterocycles. The standard InChI is InChI=1S/C5H10.C2H6O/c1-2-4-5-3-1;1-3-2/h1-5H2;1-2H3. The van der Waals surface area contributed by atoms with Crippen LogP contribution in [-0.4, -0.2) is 14.2 Å². The first-order chi connectivity index (χ1) is 3.91. The normalized spacial score (nSPS) is 17.2. The number of ether oxygens (including phenoxy) is 1. The fraction of sp³-hybridized carbons (Fsp3) is 1.00. The molecule has 1 saturated carbocycles. The molecule has 0 saturated heterocycles. The highest BCUT2D eigenvalue weighted by molar-refractivity contribution is 4.51. The summed E-state index contributed by atoms with van der Waals surface area (Å²) in [6.07, 6.45) is 7.50. The van der Waals surface area contributed by atoms with Crippen LogP contribution >= 0.6 is 0 Å². The molecule has 0 atom stereocenters. The van der Waals surface area contributed by atoms with Crippen molar-refractivity contribution >= 4 is 0 Å². The Labute approximate surface area is 52.0 Å². The first-order valence-electron chi connectivity index (χ1n) is 3.32. The second-order valence-corrected chi connectivity index (χ2v) is 2.18. The number of hydrogen-bond donors (Lipinski definition) is 0. The van der Waals surface area contributed by atoms with Gasteiger partial charge in [0.05, 0.1) is 0 Å². The number of rotatable bonds is 0. The van der Waals surface area contributed by atoms with Crippen LogP contribution in [0.5, 0.6) is 0 Å². The van der Waals surface area contributed by atoms with Gasteiger partial charge in [-0.05, 0) is 0 Å². The van der Waals surface area contributed by atoms with Crippen molar-refractivity contribution in [1.82, 2.24) is 0 Å². The van der Waals surface area contributed by atoms with Crippen molar-refractivity contribution in [3.8, 4) is 0 Å². The van der Waals surface area contributed by atoms with Crippen molar-refractivity contribution in [1.29, 1.82) is 0 Å². The Morgan fingerprint density at radius 1 is 0.750 bits per heavy atom. The molecule has 1 aliphatic rings. The average molecular weight is 116 g/mol. The lowest BCUT2D eigenvalue weighted by Crippen LogP contribution is -1.55. The summed E-state index contributed by atoms with van der Waals surface area (Å²) in [5, 5.41) is 0. The third-order valence-corrected chi connectivity index (χ3v) is 1.25. The molecule has 1 fully saturated rings. The van der Waals surface area contributed by atoms with Crippen LogP contribution < -0.4 is 0 Å². The molecule has 50 valence electrons. The van der Waals surface area contributed by atoms with Crippen molar-refractivity contribution in [3.05, 3.63) is 0 Å². The summed E-state index contributed by atoms with van der Waals surface area (Å²) in [6, 6.07) is 0. The van der Waals surface area contributed by atoms with E-state index in [4.69, 9.17) is 0 Å². The molecule has 1 aliphatic carbocycles. The lowest BCUT2D eigenvalue weighted by molar-refractivity contribution is 0.277.